The number of sulfonamides is 1. The second kappa shape index (κ2) is 9.92. The molecule has 0 radical (unpaired) electrons. The average Bonchev–Trinajstić information content (AvgIpc) is 3.26. The Morgan fingerprint density at radius 2 is 1.71 bits per heavy atom. The van der Waals surface area contributed by atoms with Crippen LogP contribution in [0.15, 0.2) is 82.3 Å². The van der Waals surface area contributed by atoms with Gasteiger partial charge in [-0.05, 0) is 79.0 Å². The number of hydrogen-bond acceptors (Lipinski definition) is 6. The highest BCUT2D eigenvalue weighted by Crippen LogP contribution is 2.20. The van der Waals surface area contributed by atoms with Gasteiger partial charge >= 0.3 is 0 Å². The summed E-state index contributed by atoms with van der Waals surface area (Å²) >= 11 is 5.10. The molecule has 3 N–H and O–H groups in total. The Balaban J connectivity index is 1.57. The first-order chi connectivity index (χ1) is 14.9. The molecule has 1 aromatic heterocycles. The van der Waals surface area contributed by atoms with Gasteiger partial charge in [-0.15, -0.1) is 0 Å². The molecule has 160 valence electrons. The third-order valence-electron chi connectivity index (χ3n) is 3.94. The van der Waals surface area contributed by atoms with Crippen molar-refractivity contribution >= 4 is 50.7 Å². The molecule has 0 aliphatic rings. The van der Waals surface area contributed by atoms with Gasteiger partial charge < -0.3 is 14.5 Å². The second-order valence-electron chi connectivity index (χ2n) is 6.15. The van der Waals surface area contributed by atoms with Gasteiger partial charge in [0.15, 0.2) is 5.11 Å². The summed E-state index contributed by atoms with van der Waals surface area (Å²) in [4.78, 5) is 12.0. The summed E-state index contributed by atoms with van der Waals surface area (Å²) < 4.78 is 37.7. The summed E-state index contributed by atoms with van der Waals surface area (Å²) in [5.74, 6) is 0.726. The van der Waals surface area contributed by atoms with Crippen molar-refractivity contribution < 1.29 is 22.4 Å². The molecule has 0 fully saturated rings. The van der Waals surface area contributed by atoms with Gasteiger partial charge in [-0.1, -0.05) is 0 Å². The average molecular weight is 458 g/mol. The van der Waals surface area contributed by atoms with E-state index in [9.17, 15) is 13.2 Å². The van der Waals surface area contributed by atoms with E-state index in [0.717, 1.165) is 0 Å². The molecule has 0 atom stereocenters. The number of carbonyl (C=O) groups is 1. The number of benzene rings is 2. The van der Waals surface area contributed by atoms with Crippen molar-refractivity contribution in [2.24, 2.45) is 0 Å². The molecular weight excluding hydrogens is 438 g/mol. The largest absolute Gasteiger partial charge is 0.497 e. The number of furan rings is 1. The van der Waals surface area contributed by atoms with E-state index in [1.807, 2.05) is 0 Å². The van der Waals surface area contributed by atoms with Crippen molar-refractivity contribution in [2.45, 2.75) is 4.90 Å². The number of methoxy groups -OCH3 is 1. The number of anilines is 2. The Labute approximate surface area is 185 Å². The lowest BCUT2D eigenvalue weighted by atomic mass is 10.3. The Morgan fingerprint density at radius 3 is 2.32 bits per heavy atom. The molecule has 0 bridgehead atoms. The van der Waals surface area contributed by atoms with Crippen molar-refractivity contribution in [3.63, 3.8) is 0 Å². The monoisotopic (exact) mass is 457 g/mol. The van der Waals surface area contributed by atoms with Crippen molar-refractivity contribution in [3.05, 3.63) is 78.8 Å². The minimum absolute atomic E-state index is 0.0704. The molecule has 31 heavy (non-hydrogen) atoms. The number of rotatable bonds is 7. The number of hydrogen-bond donors (Lipinski definition) is 3. The molecule has 8 nitrogen and oxygen atoms in total. The SMILES string of the molecule is COc1ccc(NS(=O)(=O)c2ccc(NC(=S)NC(=O)/C=C/c3ccco3)cc2)cc1. The van der Waals surface area contributed by atoms with Crippen LogP contribution in [0.1, 0.15) is 5.76 Å². The van der Waals surface area contributed by atoms with Gasteiger partial charge in [-0.25, -0.2) is 8.42 Å². The fraction of sp³-hybridized carbons (Fsp3) is 0.0476. The Morgan fingerprint density at radius 1 is 1.03 bits per heavy atom. The minimum atomic E-state index is -3.77. The smallest absolute Gasteiger partial charge is 0.261 e. The van der Waals surface area contributed by atoms with Gasteiger partial charge in [0.05, 0.1) is 18.3 Å². The highest BCUT2D eigenvalue weighted by Gasteiger charge is 2.14. The molecule has 0 aliphatic heterocycles. The van der Waals surface area contributed by atoms with Crippen LogP contribution in [0.5, 0.6) is 5.75 Å². The predicted octanol–water partition coefficient (Wildman–Crippen LogP) is 3.62. The van der Waals surface area contributed by atoms with Gasteiger partial charge in [0.2, 0.25) is 5.91 Å². The van der Waals surface area contributed by atoms with E-state index in [2.05, 4.69) is 15.4 Å². The van der Waals surface area contributed by atoms with Crippen LogP contribution in [0, 0.1) is 0 Å². The molecule has 1 heterocycles. The molecule has 10 heteroatoms. The number of carbonyl (C=O) groups excluding carboxylic acids is 1. The van der Waals surface area contributed by atoms with Gasteiger partial charge in [0, 0.05) is 17.5 Å². The van der Waals surface area contributed by atoms with Crippen LogP contribution in [0.25, 0.3) is 6.08 Å². The standard InChI is InChI=1S/C21H19N3O5S2/c1-28-17-8-4-16(5-9-17)24-31(26,27)19-11-6-15(7-12-19)22-21(30)23-20(25)13-10-18-3-2-14-29-18/h2-14,24H,1H3,(H2,22,23,25,30)/b13-10+. The van der Waals surface area contributed by atoms with Crippen molar-refractivity contribution in [2.75, 3.05) is 17.1 Å². The predicted molar refractivity (Wildman–Crippen MR) is 122 cm³/mol. The van der Waals surface area contributed by atoms with E-state index in [1.54, 1.807) is 48.5 Å². The van der Waals surface area contributed by atoms with Gasteiger partial charge in [-0.3, -0.25) is 14.8 Å². The van der Waals surface area contributed by atoms with Crippen LogP contribution in [-0.4, -0.2) is 26.5 Å². The van der Waals surface area contributed by atoms with E-state index in [-0.39, 0.29) is 10.0 Å². The maximum Gasteiger partial charge on any atom is 0.261 e. The lowest BCUT2D eigenvalue weighted by Gasteiger charge is -2.11. The molecule has 3 aromatic rings. The van der Waals surface area contributed by atoms with Gasteiger partial charge in [0.25, 0.3) is 10.0 Å². The maximum atomic E-state index is 12.5. The molecular formula is C21H19N3O5S2. The van der Waals surface area contributed by atoms with Crippen LogP contribution in [0.3, 0.4) is 0 Å². The summed E-state index contributed by atoms with van der Waals surface area (Å²) in [5.41, 5.74) is 0.929. The third-order valence-corrected chi connectivity index (χ3v) is 5.54. The summed E-state index contributed by atoms with van der Waals surface area (Å²) in [6.45, 7) is 0. The number of amides is 1. The van der Waals surface area contributed by atoms with E-state index in [0.29, 0.717) is 22.9 Å². The van der Waals surface area contributed by atoms with Crippen LogP contribution in [0.4, 0.5) is 11.4 Å². The zero-order valence-electron chi connectivity index (χ0n) is 16.4. The summed E-state index contributed by atoms with van der Waals surface area (Å²) in [7, 11) is -2.23. The van der Waals surface area contributed by atoms with Crippen LogP contribution >= 0.6 is 12.2 Å². The number of nitrogens with one attached hydrogen (secondary N) is 3. The zero-order chi connectivity index (χ0) is 22.3. The normalized spacial score (nSPS) is 11.1. The van der Waals surface area contributed by atoms with Gasteiger partial charge in [0.1, 0.15) is 11.5 Å². The highest BCUT2D eigenvalue weighted by atomic mass is 32.2. The summed E-state index contributed by atoms with van der Waals surface area (Å²) in [6.07, 6.45) is 4.29. The van der Waals surface area contributed by atoms with E-state index in [1.165, 1.54) is 37.7 Å². The Bertz CT molecular complexity index is 1170. The Hall–Kier alpha value is -3.63. The van der Waals surface area contributed by atoms with E-state index >= 15 is 0 Å². The minimum Gasteiger partial charge on any atom is -0.497 e. The molecule has 0 unspecified atom stereocenters. The van der Waals surface area contributed by atoms with Crippen molar-refractivity contribution in [1.82, 2.24) is 5.32 Å². The topological polar surface area (TPSA) is 110 Å². The zero-order valence-corrected chi connectivity index (χ0v) is 18.0. The maximum absolute atomic E-state index is 12.5. The fourth-order valence-corrected chi connectivity index (χ4v) is 3.73. The lowest BCUT2D eigenvalue weighted by molar-refractivity contribution is -0.115. The molecule has 3 rings (SSSR count). The van der Waals surface area contributed by atoms with E-state index in [4.69, 9.17) is 21.4 Å². The van der Waals surface area contributed by atoms with Gasteiger partial charge in [-0.2, -0.15) is 0 Å². The third kappa shape index (κ3) is 6.43. The first kappa shape index (κ1) is 22.1. The lowest BCUT2D eigenvalue weighted by Crippen LogP contribution is -2.32. The molecule has 0 saturated carbocycles. The highest BCUT2D eigenvalue weighted by molar-refractivity contribution is 7.92. The molecule has 0 spiro atoms. The molecule has 1 amide bonds. The van der Waals surface area contributed by atoms with Crippen molar-refractivity contribution in [1.29, 1.82) is 0 Å². The van der Waals surface area contributed by atoms with Crippen LogP contribution in [-0.2, 0) is 14.8 Å². The number of thiocarbonyl (C=S) groups is 1. The first-order valence-corrected chi connectivity index (χ1v) is 10.9. The Kier molecular flexibility index (Phi) is 7.06. The van der Waals surface area contributed by atoms with Crippen LogP contribution < -0.4 is 20.1 Å². The molecule has 2 aromatic carbocycles. The first-order valence-electron chi connectivity index (χ1n) is 8.96. The number of ether oxygens (including phenoxy) is 1. The van der Waals surface area contributed by atoms with Crippen LogP contribution in [0.2, 0.25) is 0 Å². The van der Waals surface area contributed by atoms with Crippen molar-refractivity contribution in [3.8, 4) is 5.75 Å². The fourth-order valence-electron chi connectivity index (χ4n) is 2.45. The summed E-state index contributed by atoms with van der Waals surface area (Å²) in [6, 6.07) is 15.9. The molecule has 0 aliphatic carbocycles. The second-order valence-corrected chi connectivity index (χ2v) is 8.24. The summed E-state index contributed by atoms with van der Waals surface area (Å²) in [5, 5.41) is 5.38. The molecule has 0 saturated heterocycles. The van der Waals surface area contributed by atoms with E-state index < -0.39 is 15.9 Å². The quantitative estimate of drug-likeness (QED) is 0.367.